The number of halogens is 1. The van der Waals surface area contributed by atoms with Gasteiger partial charge in [-0.15, -0.1) is 0 Å². The van der Waals surface area contributed by atoms with Crippen molar-refractivity contribution in [1.29, 1.82) is 0 Å². The van der Waals surface area contributed by atoms with Crippen molar-refractivity contribution in [1.82, 2.24) is 4.98 Å². The lowest BCUT2D eigenvalue weighted by Crippen LogP contribution is -2.14. The van der Waals surface area contributed by atoms with Crippen LogP contribution in [0.15, 0.2) is 51.7 Å². The molecule has 1 aromatic heterocycles. The van der Waals surface area contributed by atoms with E-state index < -0.39 is 5.76 Å². The van der Waals surface area contributed by atoms with Gasteiger partial charge in [-0.2, -0.15) is 0 Å². The van der Waals surface area contributed by atoms with E-state index in [0.717, 1.165) is 5.56 Å². The maximum absolute atomic E-state index is 12.8. The molecule has 0 bridgehead atoms. The number of oxazole rings is 1. The lowest BCUT2D eigenvalue weighted by atomic mass is 10.1. The summed E-state index contributed by atoms with van der Waals surface area (Å²) in [7, 11) is 0. The summed E-state index contributed by atoms with van der Waals surface area (Å²) in [6.07, 6.45) is 0.139. The van der Waals surface area contributed by atoms with Crippen molar-refractivity contribution in [3.05, 3.63) is 64.4 Å². The van der Waals surface area contributed by atoms with Crippen LogP contribution < -0.4 is 11.1 Å². The second kappa shape index (κ2) is 5.24. The molecule has 6 heteroatoms. The molecule has 0 atom stereocenters. The summed E-state index contributed by atoms with van der Waals surface area (Å²) in [5.41, 5.74) is 2.26. The van der Waals surface area contributed by atoms with Gasteiger partial charge in [-0.05, 0) is 42.0 Å². The van der Waals surface area contributed by atoms with E-state index >= 15 is 0 Å². The highest BCUT2D eigenvalue weighted by Crippen LogP contribution is 2.14. The number of rotatable bonds is 3. The number of fused-ring (bicyclic) bond motifs is 1. The number of carbonyl (C=O) groups is 1. The molecule has 1 heterocycles. The molecule has 0 radical (unpaired) electrons. The van der Waals surface area contributed by atoms with Crippen molar-refractivity contribution in [2.45, 2.75) is 6.42 Å². The molecule has 0 aliphatic rings. The summed E-state index contributed by atoms with van der Waals surface area (Å²) in [6, 6.07) is 10.6. The Labute approximate surface area is 118 Å². The minimum atomic E-state index is -0.530. The van der Waals surface area contributed by atoms with Gasteiger partial charge in [0, 0.05) is 5.69 Å². The van der Waals surface area contributed by atoms with Crippen molar-refractivity contribution in [2.75, 3.05) is 5.32 Å². The van der Waals surface area contributed by atoms with Crippen molar-refractivity contribution < 1.29 is 13.6 Å². The van der Waals surface area contributed by atoms with Crippen LogP contribution in [0, 0.1) is 5.82 Å². The van der Waals surface area contributed by atoms with Gasteiger partial charge in [0.15, 0.2) is 5.58 Å². The quantitative estimate of drug-likeness (QED) is 0.776. The number of aromatic nitrogens is 1. The SMILES string of the molecule is O=C(Cc1ccc2oc(=O)[nH]c2c1)Nc1ccc(F)cc1. The van der Waals surface area contributed by atoms with Gasteiger partial charge < -0.3 is 9.73 Å². The minimum absolute atomic E-state index is 0.139. The van der Waals surface area contributed by atoms with E-state index in [9.17, 15) is 14.0 Å². The van der Waals surface area contributed by atoms with E-state index in [2.05, 4.69) is 10.3 Å². The third-order valence-corrected chi connectivity index (χ3v) is 2.98. The molecule has 0 unspecified atom stereocenters. The zero-order valence-electron chi connectivity index (χ0n) is 10.9. The number of aromatic amines is 1. The first kappa shape index (κ1) is 13.1. The third kappa shape index (κ3) is 3.00. The summed E-state index contributed by atoms with van der Waals surface area (Å²) in [5, 5.41) is 2.67. The highest BCUT2D eigenvalue weighted by molar-refractivity contribution is 5.92. The van der Waals surface area contributed by atoms with E-state index in [1.807, 2.05) is 0 Å². The average molecular weight is 286 g/mol. The minimum Gasteiger partial charge on any atom is -0.408 e. The number of nitrogens with one attached hydrogen (secondary N) is 2. The predicted molar refractivity (Wildman–Crippen MR) is 75.6 cm³/mol. The number of benzene rings is 2. The van der Waals surface area contributed by atoms with E-state index in [1.165, 1.54) is 24.3 Å². The standard InChI is InChI=1S/C15H11FN2O3/c16-10-2-4-11(5-3-10)17-14(19)8-9-1-6-13-12(7-9)18-15(20)21-13/h1-7H,8H2,(H,17,19)(H,18,20). The molecule has 2 aromatic carbocycles. The Morgan fingerprint density at radius 3 is 2.71 bits per heavy atom. The molecule has 1 amide bonds. The lowest BCUT2D eigenvalue weighted by molar-refractivity contribution is -0.115. The maximum atomic E-state index is 12.8. The Morgan fingerprint density at radius 1 is 1.19 bits per heavy atom. The summed E-state index contributed by atoms with van der Waals surface area (Å²) >= 11 is 0. The van der Waals surface area contributed by atoms with Crippen molar-refractivity contribution in [3.63, 3.8) is 0 Å². The van der Waals surface area contributed by atoms with Crippen LogP contribution in [0.5, 0.6) is 0 Å². The van der Waals surface area contributed by atoms with E-state index in [0.29, 0.717) is 16.8 Å². The first-order chi connectivity index (χ1) is 10.1. The largest absolute Gasteiger partial charge is 0.417 e. The molecule has 106 valence electrons. The van der Waals surface area contributed by atoms with Gasteiger partial charge in [0.2, 0.25) is 5.91 Å². The van der Waals surface area contributed by atoms with Crippen LogP contribution in [-0.2, 0) is 11.2 Å². The van der Waals surface area contributed by atoms with Gasteiger partial charge in [-0.25, -0.2) is 9.18 Å². The summed E-state index contributed by atoms with van der Waals surface area (Å²) in [6.45, 7) is 0. The molecule has 0 saturated carbocycles. The molecule has 0 spiro atoms. The molecule has 0 aliphatic heterocycles. The van der Waals surface area contributed by atoms with Crippen LogP contribution in [0.3, 0.4) is 0 Å². The van der Waals surface area contributed by atoms with Crippen LogP contribution in [0.2, 0.25) is 0 Å². The van der Waals surface area contributed by atoms with Gasteiger partial charge in [0.25, 0.3) is 0 Å². The zero-order chi connectivity index (χ0) is 14.8. The molecule has 0 saturated heterocycles. The van der Waals surface area contributed by atoms with Crippen LogP contribution in [0.25, 0.3) is 11.1 Å². The second-order valence-electron chi connectivity index (χ2n) is 4.58. The molecule has 5 nitrogen and oxygen atoms in total. The highest BCUT2D eigenvalue weighted by Gasteiger charge is 2.07. The Hall–Kier alpha value is -2.89. The summed E-state index contributed by atoms with van der Waals surface area (Å²) < 4.78 is 17.7. The van der Waals surface area contributed by atoms with Gasteiger partial charge in [0.1, 0.15) is 5.82 Å². The Bertz CT molecular complexity index is 849. The first-order valence-corrected chi connectivity index (χ1v) is 6.27. The lowest BCUT2D eigenvalue weighted by Gasteiger charge is -2.05. The number of anilines is 1. The number of carbonyl (C=O) groups excluding carboxylic acids is 1. The predicted octanol–water partition coefficient (Wildman–Crippen LogP) is 2.44. The number of hydrogen-bond acceptors (Lipinski definition) is 3. The summed E-state index contributed by atoms with van der Waals surface area (Å²) in [4.78, 5) is 25.5. The van der Waals surface area contributed by atoms with Gasteiger partial charge >= 0.3 is 5.76 Å². The van der Waals surface area contributed by atoms with Crippen LogP contribution >= 0.6 is 0 Å². The van der Waals surface area contributed by atoms with Crippen molar-refractivity contribution in [2.24, 2.45) is 0 Å². The molecular weight excluding hydrogens is 275 g/mol. The smallest absolute Gasteiger partial charge is 0.408 e. The Morgan fingerprint density at radius 2 is 1.95 bits per heavy atom. The third-order valence-electron chi connectivity index (χ3n) is 2.98. The van der Waals surface area contributed by atoms with Crippen LogP contribution in [0.4, 0.5) is 10.1 Å². The second-order valence-corrected chi connectivity index (χ2v) is 4.58. The molecule has 0 aliphatic carbocycles. The number of H-pyrrole nitrogens is 1. The first-order valence-electron chi connectivity index (χ1n) is 6.27. The fourth-order valence-electron chi connectivity index (χ4n) is 2.03. The van der Waals surface area contributed by atoms with Crippen LogP contribution in [0.1, 0.15) is 5.56 Å². The normalized spacial score (nSPS) is 10.7. The maximum Gasteiger partial charge on any atom is 0.417 e. The fourth-order valence-corrected chi connectivity index (χ4v) is 2.03. The van der Waals surface area contributed by atoms with Gasteiger partial charge in [0.05, 0.1) is 11.9 Å². The molecule has 3 aromatic rings. The molecule has 2 N–H and O–H groups in total. The van der Waals surface area contributed by atoms with Crippen molar-refractivity contribution >= 4 is 22.7 Å². The Kier molecular flexibility index (Phi) is 3.27. The fraction of sp³-hybridized carbons (Fsp3) is 0.0667. The zero-order valence-corrected chi connectivity index (χ0v) is 10.9. The number of amides is 1. The molecule has 0 fully saturated rings. The average Bonchev–Trinajstić information content (AvgIpc) is 2.80. The Balaban J connectivity index is 1.73. The van der Waals surface area contributed by atoms with E-state index in [1.54, 1.807) is 18.2 Å². The topological polar surface area (TPSA) is 75.1 Å². The van der Waals surface area contributed by atoms with Crippen LogP contribution in [-0.4, -0.2) is 10.9 Å². The van der Waals surface area contributed by atoms with Crippen molar-refractivity contribution in [3.8, 4) is 0 Å². The molecule has 21 heavy (non-hydrogen) atoms. The van der Waals surface area contributed by atoms with Gasteiger partial charge in [-0.1, -0.05) is 6.07 Å². The molecular formula is C15H11FN2O3. The van der Waals surface area contributed by atoms with E-state index in [-0.39, 0.29) is 18.1 Å². The molecule has 3 rings (SSSR count). The van der Waals surface area contributed by atoms with Gasteiger partial charge in [-0.3, -0.25) is 9.78 Å². The number of hydrogen-bond donors (Lipinski definition) is 2. The summed E-state index contributed by atoms with van der Waals surface area (Å²) in [5.74, 6) is -1.12. The monoisotopic (exact) mass is 286 g/mol. The van der Waals surface area contributed by atoms with E-state index in [4.69, 9.17) is 4.42 Å². The highest BCUT2D eigenvalue weighted by atomic mass is 19.1.